The van der Waals surface area contributed by atoms with Gasteiger partial charge in [0.05, 0.1) is 0 Å². The van der Waals surface area contributed by atoms with Crippen LogP contribution in [0.15, 0.2) is 18.2 Å². The van der Waals surface area contributed by atoms with E-state index < -0.39 is 17.7 Å². The molecule has 2 atom stereocenters. The second kappa shape index (κ2) is 6.99. The molecule has 1 aliphatic rings. The number of rotatable bonds is 8. The van der Waals surface area contributed by atoms with Gasteiger partial charge >= 0.3 is 0 Å². The monoisotopic (exact) mass is 285 g/mol. The van der Waals surface area contributed by atoms with E-state index in [0.29, 0.717) is 12.6 Å². The van der Waals surface area contributed by atoms with Gasteiger partial charge in [-0.25, -0.2) is 8.78 Å². The van der Waals surface area contributed by atoms with Crippen molar-refractivity contribution in [3.05, 3.63) is 29.8 Å². The van der Waals surface area contributed by atoms with Crippen LogP contribution in [-0.4, -0.2) is 30.4 Å². The van der Waals surface area contributed by atoms with E-state index in [1.54, 1.807) is 0 Å². The van der Waals surface area contributed by atoms with Crippen molar-refractivity contribution in [3.63, 3.8) is 0 Å². The zero-order valence-corrected chi connectivity index (χ0v) is 11.6. The molecule has 1 aliphatic carbocycles. The molecule has 1 aromatic rings. The molecule has 0 amide bonds. The Morgan fingerprint density at radius 1 is 1.35 bits per heavy atom. The van der Waals surface area contributed by atoms with Crippen LogP contribution in [0.3, 0.4) is 0 Å². The Hall–Kier alpha value is -1.20. The Morgan fingerprint density at radius 3 is 2.70 bits per heavy atom. The van der Waals surface area contributed by atoms with Crippen molar-refractivity contribution in [3.8, 4) is 5.75 Å². The summed E-state index contributed by atoms with van der Waals surface area (Å²) in [4.78, 5) is 0. The summed E-state index contributed by atoms with van der Waals surface area (Å²) in [5, 5.41) is 13.1. The fourth-order valence-corrected chi connectivity index (χ4v) is 2.25. The molecule has 1 saturated carbocycles. The minimum absolute atomic E-state index is 0.0547. The third-order valence-electron chi connectivity index (χ3n) is 3.58. The highest BCUT2D eigenvalue weighted by atomic mass is 19.2. The predicted octanol–water partition coefficient (Wildman–Crippen LogP) is 2.48. The van der Waals surface area contributed by atoms with E-state index in [1.165, 1.54) is 18.9 Å². The lowest BCUT2D eigenvalue weighted by Crippen LogP contribution is -2.38. The minimum Gasteiger partial charge on any atom is -0.491 e. The van der Waals surface area contributed by atoms with Crippen molar-refractivity contribution in [1.29, 1.82) is 0 Å². The lowest BCUT2D eigenvalue weighted by molar-refractivity contribution is 0.102. The quantitative estimate of drug-likeness (QED) is 0.771. The molecule has 2 N–H and O–H groups in total. The van der Waals surface area contributed by atoms with Crippen LogP contribution in [0.2, 0.25) is 0 Å². The van der Waals surface area contributed by atoms with Gasteiger partial charge < -0.3 is 15.2 Å². The highest BCUT2D eigenvalue weighted by molar-refractivity contribution is 5.23. The fourth-order valence-electron chi connectivity index (χ4n) is 2.25. The summed E-state index contributed by atoms with van der Waals surface area (Å²) in [7, 11) is 0. The van der Waals surface area contributed by atoms with Gasteiger partial charge in [-0.1, -0.05) is 6.92 Å². The maximum atomic E-state index is 13.0. The normalized spacial score (nSPS) is 17.8. The Bertz CT molecular complexity index is 438. The molecule has 3 nitrogen and oxygen atoms in total. The molecule has 0 radical (unpaired) electrons. The lowest BCUT2D eigenvalue weighted by atomic mass is 10.1. The Morgan fingerprint density at radius 2 is 2.10 bits per heavy atom. The van der Waals surface area contributed by atoms with Crippen molar-refractivity contribution < 1.29 is 18.6 Å². The number of halogens is 2. The van der Waals surface area contributed by atoms with E-state index in [-0.39, 0.29) is 12.4 Å². The van der Waals surface area contributed by atoms with E-state index >= 15 is 0 Å². The summed E-state index contributed by atoms with van der Waals surface area (Å²) < 4.78 is 31.0. The highest BCUT2D eigenvalue weighted by Crippen LogP contribution is 2.33. The first-order valence-electron chi connectivity index (χ1n) is 7.09. The van der Waals surface area contributed by atoms with Crippen LogP contribution < -0.4 is 10.1 Å². The summed E-state index contributed by atoms with van der Waals surface area (Å²) in [6.45, 7) is 2.62. The zero-order valence-electron chi connectivity index (χ0n) is 11.6. The number of aliphatic hydroxyl groups excluding tert-OH is 1. The Balaban J connectivity index is 1.71. The number of hydrogen-bond acceptors (Lipinski definition) is 3. The maximum absolute atomic E-state index is 13.0. The van der Waals surface area contributed by atoms with Gasteiger partial charge in [-0.3, -0.25) is 0 Å². The molecule has 20 heavy (non-hydrogen) atoms. The number of nitrogens with one attached hydrogen (secondary N) is 1. The summed E-state index contributed by atoms with van der Waals surface area (Å²) in [6, 6.07) is 3.79. The zero-order chi connectivity index (χ0) is 14.5. The number of hydrogen-bond donors (Lipinski definition) is 2. The SMILES string of the molecule is CCC(NCC(O)COc1ccc(F)c(F)c1)C1CC1. The smallest absolute Gasteiger partial charge is 0.162 e. The molecule has 1 aromatic carbocycles. The molecule has 1 fully saturated rings. The van der Waals surface area contributed by atoms with Gasteiger partial charge in [0.25, 0.3) is 0 Å². The minimum atomic E-state index is -0.949. The molecule has 112 valence electrons. The average molecular weight is 285 g/mol. The van der Waals surface area contributed by atoms with Crippen molar-refractivity contribution in [2.45, 2.75) is 38.3 Å². The summed E-state index contributed by atoms with van der Waals surface area (Å²) in [6.07, 6.45) is 2.89. The first kappa shape index (κ1) is 15.2. The van der Waals surface area contributed by atoms with E-state index in [1.807, 2.05) is 0 Å². The first-order valence-corrected chi connectivity index (χ1v) is 7.09. The van der Waals surface area contributed by atoms with Gasteiger partial charge in [-0.15, -0.1) is 0 Å². The third kappa shape index (κ3) is 4.42. The number of aliphatic hydroxyl groups is 1. The third-order valence-corrected chi connectivity index (χ3v) is 3.58. The molecule has 0 heterocycles. The van der Waals surface area contributed by atoms with Crippen molar-refractivity contribution in [2.75, 3.05) is 13.2 Å². The second-order valence-electron chi connectivity index (χ2n) is 5.30. The van der Waals surface area contributed by atoms with E-state index in [0.717, 1.165) is 24.5 Å². The van der Waals surface area contributed by atoms with Crippen LogP contribution in [0.5, 0.6) is 5.75 Å². The standard InChI is InChI=1S/C15H21F2NO2/c1-2-15(10-3-4-10)18-8-11(19)9-20-12-5-6-13(16)14(17)7-12/h5-7,10-11,15,18-19H,2-4,8-9H2,1H3. The summed E-state index contributed by atoms with van der Waals surface area (Å²) in [5.41, 5.74) is 0. The molecule has 0 aromatic heterocycles. The maximum Gasteiger partial charge on any atom is 0.162 e. The van der Waals surface area contributed by atoms with Gasteiger partial charge in [0, 0.05) is 18.7 Å². The van der Waals surface area contributed by atoms with Crippen molar-refractivity contribution in [1.82, 2.24) is 5.32 Å². The van der Waals surface area contributed by atoms with Crippen LogP contribution in [0, 0.1) is 17.6 Å². The fraction of sp³-hybridized carbons (Fsp3) is 0.600. The van der Waals surface area contributed by atoms with E-state index in [9.17, 15) is 13.9 Å². The second-order valence-corrected chi connectivity index (χ2v) is 5.30. The van der Waals surface area contributed by atoms with Crippen LogP contribution in [0.4, 0.5) is 8.78 Å². The largest absolute Gasteiger partial charge is 0.491 e. The molecule has 5 heteroatoms. The molecule has 2 rings (SSSR count). The van der Waals surface area contributed by atoms with Gasteiger partial charge in [0.15, 0.2) is 11.6 Å². The lowest BCUT2D eigenvalue weighted by Gasteiger charge is -2.19. The van der Waals surface area contributed by atoms with Gasteiger partial charge in [0.1, 0.15) is 18.5 Å². The molecule has 0 spiro atoms. The van der Waals surface area contributed by atoms with Crippen LogP contribution in [0.1, 0.15) is 26.2 Å². The van der Waals surface area contributed by atoms with Crippen LogP contribution >= 0.6 is 0 Å². The van der Waals surface area contributed by atoms with Crippen molar-refractivity contribution in [2.24, 2.45) is 5.92 Å². The molecular weight excluding hydrogens is 264 g/mol. The first-order chi connectivity index (χ1) is 9.60. The number of benzene rings is 1. The Kier molecular flexibility index (Phi) is 5.31. The average Bonchev–Trinajstić information content (AvgIpc) is 3.25. The van der Waals surface area contributed by atoms with Gasteiger partial charge in [-0.2, -0.15) is 0 Å². The molecule has 0 saturated heterocycles. The van der Waals surface area contributed by atoms with Crippen LogP contribution in [0.25, 0.3) is 0 Å². The van der Waals surface area contributed by atoms with Gasteiger partial charge in [-0.05, 0) is 37.3 Å². The van der Waals surface area contributed by atoms with Crippen LogP contribution in [-0.2, 0) is 0 Å². The number of ether oxygens (including phenoxy) is 1. The summed E-state index contributed by atoms with van der Waals surface area (Å²) in [5.74, 6) is -0.902. The molecule has 0 aliphatic heterocycles. The van der Waals surface area contributed by atoms with Gasteiger partial charge in [0.2, 0.25) is 0 Å². The molecular formula is C15H21F2NO2. The van der Waals surface area contributed by atoms with Crippen molar-refractivity contribution >= 4 is 0 Å². The molecule has 0 bridgehead atoms. The highest BCUT2D eigenvalue weighted by Gasteiger charge is 2.29. The predicted molar refractivity (Wildman–Crippen MR) is 72.7 cm³/mol. The topological polar surface area (TPSA) is 41.5 Å². The molecule has 2 unspecified atom stereocenters. The summed E-state index contributed by atoms with van der Waals surface area (Å²) >= 11 is 0. The van der Waals surface area contributed by atoms with E-state index in [2.05, 4.69) is 12.2 Å². The van der Waals surface area contributed by atoms with E-state index in [4.69, 9.17) is 4.74 Å². The Labute approximate surface area is 117 Å².